The highest BCUT2D eigenvalue weighted by molar-refractivity contribution is 7.89. The average Bonchev–Trinajstić information content (AvgIpc) is 3.01. The topological polar surface area (TPSA) is 97.4 Å². The van der Waals surface area contributed by atoms with E-state index in [0.717, 1.165) is 36.0 Å². The zero-order valence-electron chi connectivity index (χ0n) is 19.9. The number of aromatic nitrogens is 1. The van der Waals surface area contributed by atoms with Crippen molar-refractivity contribution in [3.63, 3.8) is 0 Å². The molecule has 7 nitrogen and oxygen atoms in total. The number of nitrogens with one attached hydrogen (secondary N) is 1. The van der Waals surface area contributed by atoms with Crippen LogP contribution in [0.4, 0.5) is 0 Å². The number of hydrogen-bond donors (Lipinski definition) is 2. The molecule has 1 saturated carbocycles. The third kappa shape index (κ3) is 5.34. The van der Waals surface area contributed by atoms with Crippen molar-refractivity contribution in [2.24, 2.45) is 11.1 Å². The Morgan fingerprint density at radius 3 is 2.45 bits per heavy atom. The fourth-order valence-electron chi connectivity index (χ4n) is 5.18. The molecular formula is C25H36N4O3S. The predicted octanol–water partition coefficient (Wildman–Crippen LogP) is 3.18. The van der Waals surface area contributed by atoms with E-state index in [-0.39, 0.29) is 16.8 Å². The van der Waals surface area contributed by atoms with Crippen LogP contribution in [0.5, 0.6) is 0 Å². The number of piperidine rings is 1. The number of nitrogens with zero attached hydrogens (tertiary/aromatic N) is 2. The Bertz CT molecular complexity index is 1100. The van der Waals surface area contributed by atoms with Gasteiger partial charge in [-0.1, -0.05) is 18.6 Å². The highest BCUT2D eigenvalue weighted by atomic mass is 32.2. The van der Waals surface area contributed by atoms with Gasteiger partial charge in [-0.2, -0.15) is 0 Å². The number of rotatable bonds is 7. The Morgan fingerprint density at radius 1 is 1.15 bits per heavy atom. The van der Waals surface area contributed by atoms with Crippen molar-refractivity contribution >= 4 is 15.9 Å². The zero-order chi connectivity index (χ0) is 23.8. The molecule has 2 aliphatic rings. The van der Waals surface area contributed by atoms with Crippen LogP contribution in [0.25, 0.3) is 0 Å². The van der Waals surface area contributed by atoms with Gasteiger partial charge in [0.25, 0.3) is 5.91 Å². The van der Waals surface area contributed by atoms with E-state index >= 15 is 0 Å². The summed E-state index contributed by atoms with van der Waals surface area (Å²) in [6.45, 7) is 8.93. The molecule has 1 aliphatic carbocycles. The summed E-state index contributed by atoms with van der Waals surface area (Å²) >= 11 is 0. The Labute approximate surface area is 197 Å². The number of aryl methyl sites for hydroxylation is 1. The van der Waals surface area contributed by atoms with Crippen LogP contribution in [0.15, 0.2) is 35.2 Å². The normalized spacial score (nSPS) is 20.9. The molecule has 0 radical (unpaired) electrons. The van der Waals surface area contributed by atoms with Gasteiger partial charge in [0.05, 0.1) is 10.5 Å². The Morgan fingerprint density at radius 2 is 1.85 bits per heavy atom. The molecule has 0 spiro atoms. The van der Waals surface area contributed by atoms with Gasteiger partial charge in [-0.05, 0) is 82.7 Å². The largest absolute Gasteiger partial charge is 0.349 e. The van der Waals surface area contributed by atoms with Gasteiger partial charge >= 0.3 is 0 Å². The molecule has 1 aromatic carbocycles. The average molecular weight is 473 g/mol. The number of amides is 1. The molecule has 8 heteroatoms. The van der Waals surface area contributed by atoms with E-state index in [9.17, 15) is 13.2 Å². The minimum Gasteiger partial charge on any atom is -0.349 e. The molecule has 33 heavy (non-hydrogen) atoms. The van der Waals surface area contributed by atoms with Gasteiger partial charge in [-0.15, -0.1) is 0 Å². The van der Waals surface area contributed by atoms with Gasteiger partial charge in [0.15, 0.2) is 0 Å². The van der Waals surface area contributed by atoms with Crippen LogP contribution in [0.1, 0.15) is 66.3 Å². The SMILES string of the molecule is Cc1cc(C(=O)NC(C)C2CCCN(C3CCC3)C2)c(C)n1Cc1ccc(S(N)(=O)=O)cc1. The number of nitrogens with two attached hydrogens (primary N) is 1. The summed E-state index contributed by atoms with van der Waals surface area (Å²) < 4.78 is 25.1. The van der Waals surface area contributed by atoms with E-state index in [1.807, 2.05) is 19.9 Å². The second kappa shape index (κ2) is 9.60. The summed E-state index contributed by atoms with van der Waals surface area (Å²) in [7, 11) is -3.71. The van der Waals surface area contributed by atoms with E-state index in [2.05, 4.69) is 21.7 Å². The third-order valence-corrected chi connectivity index (χ3v) is 8.49. The van der Waals surface area contributed by atoms with E-state index in [1.54, 1.807) is 12.1 Å². The van der Waals surface area contributed by atoms with Crippen LogP contribution < -0.4 is 10.5 Å². The first-order valence-corrected chi connectivity index (χ1v) is 13.5. The Balaban J connectivity index is 1.42. The van der Waals surface area contributed by atoms with Gasteiger partial charge in [0, 0.05) is 36.6 Å². The van der Waals surface area contributed by atoms with Crippen molar-refractivity contribution in [3.8, 4) is 0 Å². The summed E-state index contributed by atoms with van der Waals surface area (Å²) in [5.41, 5.74) is 3.55. The minimum atomic E-state index is -3.71. The molecule has 2 fully saturated rings. The second-order valence-corrected chi connectivity index (χ2v) is 11.4. The lowest BCUT2D eigenvalue weighted by Crippen LogP contribution is -2.50. The molecule has 1 saturated heterocycles. The standard InChI is InChI=1S/C25H36N4O3S/c1-17-14-24(19(3)29(17)15-20-9-11-23(12-10-20)33(26,31)32)25(30)27-18(2)21-6-5-13-28(16-21)22-7-4-8-22/h9-12,14,18,21-22H,4-8,13,15-16H2,1-3H3,(H,27,30)(H2,26,31,32). The predicted molar refractivity (Wildman–Crippen MR) is 130 cm³/mol. The van der Waals surface area contributed by atoms with Crippen LogP contribution in [0.3, 0.4) is 0 Å². The number of sulfonamides is 1. The summed E-state index contributed by atoms with van der Waals surface area (Å²) in [6.07, 6.45) is 6.37. The first-order chi connectivity index (χ1) is 15.6. The van der Waals surface area contributed by atoms with Crippen LogP contribution >= 0.6 is 0 Å². The lowest BCUT2D eigenvalue weighted by atomic mass is 9.85. The van der Waals surface area contributed by atoms with Gasteiger partial charge in [-0.25, -0.2) is 13.6 Å². The molecule has 2 heterocycles. The lowest BCUT2D eigenvalue weighted by molar-refractivity contribution is 0.0635. The van der Waals surface area contributed by atoms with Crippen molar-refractivity contribution in [3.05, 3.63) is 52.8 Å². The molecule has 1 aliphatic heterocycles. The lowest BCUT2D eigenvalue weighted by Gasteiger charge is -2.43. The molecule has 2 unspecified atom stereocenters. The zero-order valence-corrected chi connectivity index (χ0v) is 20.7. The molecular weight excluding hydrogens is 436 g/mol. The van der Waals surface area contributed by atoms with Crippen molar-refractivity contribution in [2.75, 3.05) is 13.1 Å². The summed E-state index contributed by atoms with van der Waals surface area (Å²) in [5, 5.41) is 8.46. The van der Waals surface area contributed by atoms with Crippen molar-refractivity contribution in [1.29, 1.82) is 0 Å². The van der Waals surface area contributed by atoms with E-state index in [0.29, 0.717) is 18.0 Å². The van der Waals surface area contributed by atoms with Crippen LogP contribution in [-0.4, -0.2) is 49.0 Å². The van der Waals surface area contributed by atoms with Gasteiger partial charge in [0.1, 0.15) is 0 Å². The van der Waals surface area contributed by atoms with Crippen molar-refractivity contribution in [1.82, 2.24) is 14.8 Å². The number of hydrogen-bond acceptors (Lipinski definition) is 4. The van der Waals surface area contributed by atoms with Crippen LogP contribution in [-0.2, 0) is 16.6 Å². The molecule has 1 aromatic heterocycles. The fraction of sp³-hybridized carbons (Fsp3) is 0.560. The summed E-state index contributed by atoms with van der Waals surface area (Å²) in [4.78, 5) is 15.9. The molecule has 3 N–H and O–H groups in total. The monoisotopic (exact) mass is 472 g/mol. The van der Waals surface area contributed by atoms with Crippen molar-refractivity contribution in [2.45, 2.75) is 76.4 Å². The molecule has 2 aromatic rings. The molecule has 2 atom stereocenters. The maximum Gasteiger partial charge on any atom is 0.253 e. The van der Waals surface area contributed by atoms with Crippen LogP contribution in [0, 0.1) is 19.8 Å². The summed E-state index contributed by atoms with van der Waals surface area (Å²) in [5.74, 6) is 0.469. The molecule has 4 rings (SSSR count). The molecule has 180 valence electrons. The smallest absolute Gasteiger partial charge is 0.253 e. The summed E-state index contributed by atoms with van der Waals surface area (Å²) in [6, 6.07) is 9.39. The van der Waals surface area contributed by atoms with E-state index in [1.165, 1.54) is 44.4 Å². The number of benzene rings is 1. The molecule has 0 bridgehead atoms. The van der Waals surface area contributed by atoms with Gasteiger partial charge in [0.2, 0.25) is 10.0 Å². The first-order valence-electron chi connectivity index (χ1n) is 12.0. The third-order valence-electron chi connectivity index (χ3n) is 7.56. The second-order valence-electron chi connectivity index (χ2n) is 9.80. The van der Waals surface area contributed by atoms with E-state index < -0.39 is 10.0 Å². The van der Waals surface area contributed by atoms with Gasteiger partial charge in [-0.3, -0.25) is 4.79 Å². The fourth-order valence-corrected chi connectivity index (χ4v) is 5.69. The highest BCUT2D eigenvalue weighted by Gasteiger charge is 2.32. The Kier molecular flexibility index (Phi) is 6.98. The Hall–Kier alpha value is -2.16. The molecule has 1 amide bonds. The number of carbonyl (C=O) groups excluding carboxylic acids is 1. The van der Waals surface area contributed by atoms with Gasteiger partial charge < -0.3 is 14.8 Å². The van der Waals surface area contributed by atoms with Crippen molar-refractivity contribution < 1.29 is 13.2 Å². The maximum atomic E-state index is 13.2. The maximum absolute atomic E-state index is 13.2. The number of primary sulfonamides is 1. The quantitative estimate of drug-likeness (QED) is 0.647. The minimum absolute atomic E-state index is 0.0211. The number of likely N-dealkylation sites (tertiary alicyclic amines) is 1. The highest BCUT2D eigenvalue weighted by Crippen LogP contribution is 2.30. The first kappa shape index (κ1) is 24.0. The van der Waals surface area contributed by atoms with E-state index in [4.69, 9.17) is 5.14 Å². The van der Waals surface area contributed by atoms with Crippen LogP contribution in [0.2, 0.25) is 0 Å². The number of carbonyl (C=O) groups is 1.